The van der Waals surface area contributed by atoms with Gasteiger partial charge in [0.25, 0.3) is 11.8 Å². The van der Waals surface area contributed by atoms with Crippen LogP contribution in [0.5, 0.6) is 0 Å². The molecule has 8 heteroatoms. The van der Waals surface area contributed by atoms with Crippen LogP contribution >= 0.6 is 0 Å². The van der Waals surface area contributed by atoms with Crippen LogP contribution in [0.2, 0.25) is 0 Å². The number of rotatable bonds is 6. The molecule has 154 valence electrons. The van der Waals surface area contributed by atoms with Gasteiger partial charge in [-0.15, -0.1) is 0 Å². The molecule has 1 saturated heterocycles. The van der Waals surface area contributed by atoms with Crippen LogP contribution in [0.25, 0.3) is 11.1 Å². The monoisotopic (exact) mass is 406 g/mol. The van der Waals surface area contributed by atoms with Crippen LogP contribution < -0.4 is 0 Å². The fourth-order valence-electron chi connectivity index (χ4n) is 3.53. The van der Waals surface area contributed by atoms with Crippen molar-refractivity contribution in [2.75, 3.05) is 20.8 Å². The zero-order valence-corrected chi connectivity index (χ0v) is 16.8. The number of benzene rings is 2. The average Bonchev–Trinajstić information content (AvgIpc) is 3.42. The van der Waals surface area contributed by atoms with Crippen molar-refractivity contribution in [1.82, 2.24) is 15.0 Å². The molecule has 1 atom stereocenters. The Morgan fingerprint density at radius 3 is 2.57 bits per heavy atom. The molecule has 0 radical (unpaired) electrons. The number of likely N-dealkylation sites (tertiary alicyclic amines) is 1. The van der Waals surface area contributed by atoms with Gasteiger partial charge in [0.2, 0.25) is 0 Å². The zero-order chi connectivity index (χ0) is 20.9. The number of methoxy groups -OCH3 is 1. The smallest absolute Gasteiger partial charge is 0.254 e. The van der Waals surface area contributed by atoms with E-state index in [9.17, 15) is 4.79 Å². The highest BCUT2D eigenvalue weighted by Crippen LogP contribution is 2.31. The van der Waals surface area contributed by atoms with Crippen molar-refractivity contribution < 1.29 is 18.9 Å². The molecule has 0 aliphatic carbocycles. The standard InChI is InChI=1S/C22H22N4O4/c1-28-14-20-23-21(25-30-20)19-12-18(24-29-2)13-26(19)22(27)17-10-8-16(9-11-17)15-6-4-3-5-7-15/h3-11,19H,12-14H2,1-2H3/b24-18+/t19-/m0/s1. The summed E-state index contributed by atoms with van der Waals surface area (Å²) >= 11 is 0. The van der Waals surface area contributed by atoms with Gasteiger partial charge in [0.15, 0.2) is 5.82 Å². The van der Waals surface area contributed by atoms with E-state index in [0.717, 1.165) is 16.8 Å². The predicted molar refractivity (Wildman–Crippen MR) is 110 cm³/mol. The highest BCUT2D eigenvalue weighted by atomic mass is 16.6. The van der Waals surface area contributed by atoms with Crippen molar-refractivity contribution in [1.29, 1.82) is 0 Å². The lowest BCUT2D eigenvalue weighted by Crippen LogP contribution is -2.31. The van der Waals surface area contributed by atoms with E-state index in [2.05, 4.69) is 15.3 Å². The molecular weight excluding hydrogens is 384 g/mol. The molecule has 2 aromatic carbocycles. The normalized spacial score (nSPS) is 17.5. The van der Waals surface area contributed by atoms with Gasteiger partial charge < -0.3 is 19.0 Å². The van der Waals surface area contributed by atoms with Crippen molar-refractivity contribution in [2.24, 2.45) is 5.16 Å². The van der Waals surface area contributed by atoms with Gasteiger partial charge in [-0.3, -0.25) is 4.79 Å². The Labute approximate surface area is 174 Å². The van der Waals surface area contributed by atoms with E-state index in [1.165, 1.54) is 7.11 Å². The van der Waals surface area contributed by atoms with Gasteiger partial charge in [-0.1, -0.05) is 52.8 Å². The lowest BCUT2D eigenvalue weighted by atomic mass is 10.0. The number of carbonyl (C=O) groups excluding carboxylic acids is 1. The van der Waals surface area contributed by atoms with Gasteiger partial charge in [0, 0.05) is 19.1 Å². The molecular formula is C22H22N4O4. The minimum Gasteiger partial charge on any atom is -0.399 e. The summed E-state index contributed by atoms with van der Waals surface area (Å²) in [5.41, 5.74) is 3.48. The van der Waals surface area contributed by atoms with Gasteiger partial charge in [0.05, 0.1) is 12.3 Å². The largest absolute Gasteiger partial charge is 0.399 e. The molecule has 0 unspecified atom stereocenters. The first-order chi connectivity index (χ1) is 14.7. The molecule has 4 rings (SSSR count). The summed E-state index contributed by atoms with van der Waals surface area (Å²) in [6, 6.07) is 17.2. The number of hydrogen-bond acceptors (Lipinski definition) is 7. The molecule has 0 N–H and O–H groups in total. The maximum absolute atomic E-state index is 13.3. The number of nitrogens with zero attached hydrogens (tertiary/aromatic N) is 4. The summed E-state index contributed by atoms with van der Waals surface area (Å²) < 4.78 is 10.3. The minimum absolute atomic E-state index is 0.126. The lowest BCUT2D eigenvalue weighted by molar-refractivity contribution is 0.0732. The third-order valence-electron chi connectivity index (χ3n) is 4.93. The van der Waals surface area contributed by atoms with E-state index in [0.29, 0.717) is 30.2 Å². The molecule has 0 saturated carbocycles. The van der Waals surface area contributed by atoms with Crippen molar-refractivity contribution >= 4 is 11.6 Å². The first-order valence-corrected chi connectivity index (χ1v) is 9.56. The molecule has 1 aromatic heterocycles. The minimum atomic E-state index is -0.380. The zero-order valence-electron chi connectivity index (χ0n) is 16.8. The van der Waals surface area contributed by atoms with Crippen LogP contribution in [0.3, 0.4) is 0 Å². The summed E-state index contributed by atoms with van der Waals surface area (Å²) in [5, 5.41) is 8.07. The number of ether oxygens (including phenoxy) is 1. The fraction of sp³-hybridized carbons (Fsp3) is 0.273. The van der Waals surface area contributed by atoms with Crippen LogP contribution in [-0.2, 0) is 16.2 Å². The predicted octanol–water partition coefficient (Wildman–Crippen LogP) is 3.47. The van der Waals surface area contributed by atoms with Crippen molar-refractivity contribution in [3.63, 3.8) is 0 Å². The highest BCUT2D eigenvalue weighted by Gasteiger charge is 2.37. The third-order valence-corrected chi connectivity index (χ3v) is 4.93. The second-order valence-corrected chi connectivity index (χ2v) is 6.92. The molecule has 0 bridgehead atoms. The van der Waals surface area contributed by atoms with Crippen LogP contribution in [-0.4, -0.2) is 47.4 Å². The summed E-state index contributed by atoms with van der Waals surface area (Å²) in [5.74, 6) is 0.667. The molecule has 1 aliphatic heterocycles. The number of aromatic nitrogens is 2. The van der Waals surface area contributed by atoms with Crippen LogP contribution in [0.1, 0.15) is 34.5 Å². The van der Waals surface area contributed by atoms with Gasteiger partial charge in [0.1, 0.15) is 19.8 Å². The number of amides is 1. The van der Waals surface area contributed by atoms with Crippen LogP contribution in [0.15, 0.2) is 64.3 Å². The topological polar surface area (TPSA) is 90.1 Å². The maximum Gasteiger partial charge on any atom is 0.254 e. The van der Waals surface area contributed by atoms with E-state index in [1.54, 1.807) is 12.0 Å². The van der Waals surface area contributed by atoms with E-state index < -0.39 is 0 Å². The molecule has 1 amide bonds. The van der Waals surface area contributed by atoms with Crippen LogP contribution in [0.4, 0.5) is 0 Å². The summed E-state index contributed by atoms with van der Waals surface area (Å²) in [4.78, 5) is 24.3. The van der Waals surface area contributed by atoms with Gasteiger partial charge in [-0.05, 0) is 23.3 Å². The second kappa shape index (κ2) is 8.87. The van der Waals surface area contributed by atoms with E-state index in [4.69, 9.17) is 14.1 Å². The van der Waals surface area contributed by atoms with Crippen molar-refractivity contribution in [3.05, 3.63) is 71.9 Å². The quantitative estimate of drug-likeness (QED) is 0.582. The molecule has 2 heterocycles. The van der Waals surface area contributed by atoms with Crippen molar-refractivity contribution in [2.45, 2.75) is 19.1 Å². The SMILES string of the molecule is COCc1nc([C@@H]2C/C(=N\OC)CN2C(=O)c2ccc(-c3ccccc3)cc2)no1. The van der Waals surface area contributed by atoms with Gasteiger partial charge in [-0.2, -0.15) is 4.98 Å². The molecule has 1 fully saturated rings. The third kappa shape index (κ3) is 4.08. The Morgan fingerprint density at radius 2 is 1.87 bits per heavy atom. The molecule has 3 aromatic rings. The molecule has 1 aliphatic rings. The Balaban J connectivity index is 1.59. The number of oxime groups is 1. The fourth-order valence-corrected chi connectivity index (χ4v) is 3.53. The second-order valence-electron chi connectivity index (χ2n) is 6.92. The van der Waals surface area contributed by atoms with E-state index in [-0.39, 0.29) is 18.6 Å². The Kier molecular flexibility index (Phi) is 5.85. The Morgan fingerprint density at radius 1 is 1.13 bits per heavy atom. The Bertz CT molecular complexity index is 1030. The maximum atomic E-state index is 13.3. The van der Waals surface area contributed by atoms with Gasteiger partial charge in [-0.25, -0.2) is 0 Å². The molecule has 0 spiro atoms. The first-order valence-electron chi connectivity index (χ1n) is 9.56. The highest BCUT2D eigenvalue weighted by molar-refractivity contribution is 6.00. The average molecular weight is 406 g/mol. The summed E-state index contributed by atoms with van der Waals surface area (Å²) in [6.07, 6.45) is 0.480. The van der Waals surface area contributed by atoms with E-state index >= 15 is 0 Å². The summed E-state index contributed by atoms with van der Waals surface area (Å²) in [6.45, 7) is 0.555. The lowest BCUT2D eigenvalue weighted by Gasteiger charge is -2.21. The van der Waals surface area contributed by atoms with Gasteiger partial charge >= 0.3 is 0 Å². The first kappa shape index (κ1) is 19.8. The summed E-state index contributed by atoms with van der Waals surface area (Å²) in [7, 11) is 3.04. The molecule has 8 nitrogen and oxygen atoms in total. The molecule has 30 heavy (non-hydrogen) atoms. The van der Waals surface area contributed by atoms with Crippen molar-refractivity contribution in [3.8, 4) is 11.1 Å². The Hall–Kier alpha value is -3.52. The number of carbonyl (C=O) groups is 1. The number of hydrogen-bond donors (Lipinski definition) is 0. The van der Waals surface area contributed by atoms with Crippen LogP contribution in [0, 0.1) is 0 Å². The van der Waals surface area contributed by atoms with E-state index in [1.807, 2.05) is 54.6 Å².